The Balaban J connectivity index is 3.01. The van der Waals surface area contributed by atoms with Crippen molar-refractivity contribution in [2.75, 3.05) is 12.0 Å². The van der Waals surface area contributed by atoms with Crippen LogP contribution in [0.4, 0.5) is 0 Å². The number of amides is 4. The van der Waals surface area contributed by atoms with Gasteiger partial charge >= 0.3 is 11.9 Å². The number of hydrogen-bond donors (Lipinski definition) is 8. The number of hydrogen-bond acceptors (Lipinski definition) is 9. The predicted octanol–water partition coefficient (Wildman–Crippen LogP) is -2.30. The first-order valence-corrected chi connectivity index (χ1v) is 12.7. The van der Waals surface area contributed by atoms with E-state index in [-0.39, 0.29) is 32.1 Å². The van der Waals surface area contributed by atoms with Gasteiger partial charge in [0.1, 0.15) is 18.1 Å². The van der Waals surface area contributed by atoms with Gasteiger partial charge in [-0.05, 0) is 31.3 Å². The quantitative estimate of drug-likeness (QED) is 0.0976. The van der Waals surface area contributed by atoms with Crippen LogP contribution in [-0.2, 0) is 35.2 Å². The number of imidazole rings is 1. The van der Waals surface area contributed by atoms with Crippen molar-refractivity contribution >= 4 is 47.3 Å². The first-order chi connectivity index (χ1) is 17.4. The fourth-order valence-corrected chi connectivity index (χ4v) is 3.58. The molecule has 0 spiro atoms. The zero-order chi connectivity index (χ0) is 28.0. The third kappa shape index (κ3) is 12.2. The first kappa shape index (κ1) is 31.4. The van der Waals surface area contributed by atoms with Gasteiger partial charge in [0.25, 0.3) is 0 Å². The summed E-state index contributed by atoms with van der Waals surface area (Å²) in [5.41, 5.74) is 11.4. The van der Waals surface area contributed by atoms with E-state index in [9.17, 15) is 33.9 Å². The van der Waals surface area contributed by atoms with E-state index >= 15 is 0 Å². The number of carbonyl (C=O) groups is 6. The van der Waals surface area contributed by atoms with E-state index in [1.807, 2.05) is 0 Å². The summed E-state index contributed by atoms with van der Waals surface area (Å²) in [6.45, 7) is 0. The number of carboxylic acids is 2. The summed E-state index contributed by atoms with van der Waals surface area (Å²) >= 11 is 1.39. The Hall–Kier alpha value is -3.66. The molecule has 1 heterocycles. The summed E-state index contributed by atoms with van der Waals surface area (Å²) in [7, 11) is 0. The lowest BCUT2D eigenvalue weighted by molar-refractivity contribution is -0.143. The normalized spacial score (nSPS) is 14.0. The van der Waals surface area contributed by atoms with Crippen molar-refractivity contribution in [2.45, 2.75) is 62.7 Å². The second-order valence-corrected chi connectivity index (χ2v) is 9.11. The number of rotatable bonds is 18. The van der Waals surface area contributed by atoms with Gasteiger partial charge in [-0.3, -0.25) is 24.0 Å². The molecule has 10 N–H and O–H groups in total. The van der Waals surface area contributed by atoms with Gasteiger partial charge in [0, 0.05) is 31.2 Å². The number of H-pyrrole nitrogens is 1. The van der Waals surface area contributed by atoms with Crippen LogP contribution < -0.4 is 27.4 Å². The van der Waals surface area contributed by atoms with E-state index in [0.29, 0.717) is 11.4 Å². The molecule has 0 bridgehead atoms. The third-order valence-electron chi connectivity index (χ3n) is 5.16. The van der Waals surface area contributed by atoms with Gasteiger partial charge in [-0.2, -0.15) is 11.8 Å². The van der Waals surface area contributed by atoms with E-state index in [4.69, 9.17) is 16.6 Å². The van der Waals surface area contributed by atoms with Crippen molar-refractivity contribution in [1.29, 1.82) is 0 Å². The fraction of sp³-hybridized carbons (Fsp3) is 0.571. The van der Waals surface area contributed by atoms with Crippen LogP contribution in [0.1, 0.15) is 37.8 Å². The maximum atomic E-state index is 13.2. The molecule has 0 aliphatic rings. The second-order valence-electron chi connectivity index (χ2n) is 8.13. The summed E-state index contributed by atoms with van der Waals surface area (Å²) in [5, 5.41) is 25.5. The maximum absolute atomic E-state index is 13.2. The zero-order valence-corrected chi connectivity index (χ0v) is 21.1. The topological polar surface area (TPSA) is 260 Å². The number of aromatic nitrogens is 2. The molecule has 16 heteroatoms. The molecule has 4 atom stereocenters. The van der Waals surface area contributed by atoms with Crippen LogP contribution in [0.15, 0.2) is 12.5 Å². The number of nitrogens with zero attached hydrogens (tertiary/aromatic N) is 1. The van der Waals surface area contributed by atoms with Gasteiger partial charge in [0.15, 0.2) is 0 Å². The number of primary amides is 1. The largest absolute Gasteiger partial charge is 0.481 e. The van der Waals surface area contributed by atoms with Crippen LogP contribution in [0, 0.1) is 0 Å². The number of thioether (sulfide) groups is 1. The highest BCUT2D eigenvalue weighted by Gasteiger charge is 2.30. The number of carboxylic acid groups (broad SMARTS) is 2. The van der Waals surface area contributed by atoms with Crippen molar-refractivity contribution in [3.63, 3.8) is 0 Å². The number of carbonyl (C=O) groups excluding carboxylic acids is 4. The highest BCUT2D eigenvalue weighted by Crippen LogP contribution is 2.07. The van der Waals surface area contributed by atoms with Crippen LogP contribution in [-0.4, -0.2) is 91.9 Å². The van der Waals surface area contributed by atoms with E-state index in [2.05, 4.69) is 25.9 Å². The molecule has 15 nitrogen and oxygen atoms in total. The Kier molecular flexibility index (Phi) is 13.7. The van der Waals surface area contributed by atoms with Gasteiger partial charge in [-0.15, -0.1) is 0 Å². The average Bonchev–Trinajstić information content (AvgIpc) is 3.34. The molecule has 1 rings (SSSR count). The lowest BCUT2D eigenvalue weighted by Gasteiger charge is -2.25. The van der Waals surface area contributed by atoms with Crippen molar-refractivity contribution in [3.8, 4) is 0 Å². The van der Waals surface area contributed by atoms with Gasteiger partial charge in [-0.1, -0.05) is 0 Å². The van der Waals surface area contributed by atoms with Crippen LogP contribution in [0.3, 0.4) is 0 Å². The molecule has 206 valence electrons. The summed E-state index contributed by atoms with van der Waals surface area (Å²) in [6, 6.07) is -4.96. The molecule has 37 heavy (non-hydrogen) atoms. The molecule has 0 aromatic carbocycles. The molecule has 1 aromatic heterocycles. The Morgan fingerprint density at radius 1 is 0.946 bits per heavy atom. The lowest BCUT2D eigenvalue weighted by Crippen LogP contribution is -2.57. The van der Waals surface area contributed by atoms with Gasteiger partial charge in [-0.25, -0.2) is 9.78 Å². The number of nitrogens with one attached hydrogen (secondary N) is 4. The van der Waals surface area contributed by atoms with Crippen LogP contribution >= 0.6 is 11.8 Å². The van der Waals surface area contributed by atoms with E-state index < -0.39 is 66.2 Å². The SMILES string of the molecule is CSCCC(NC(=O)C(Cc1cnc[nH]1)NC(=O)C(N)CCC(N)=O)C(=O)NC(CCC(=O)O)C(=O)O. The number of aromatic amines is 1. The number of nitrogens with two attached hydrogens (primary N) is 2. The molecule has 0 radical (unpaired) electrons. The summed E-state index contributed by atoms with van der Waals surface area (Å²) in [4.78, 5) is 78.5. The highest BCUT2D eigenvalue weighted by molar-refractivity contribution is 7.98. The molecule has 0 saturated carbocycles. The minimum absolute atomic E-state index is 0.0344. The molecular formula is C21H33N7O8S. The second kappa shape index (κ2) is 16.2. The molecule has 0 fully saturated rings. The van der Waals surface area contributed by atoms with Crippen molar-refractivity contribution in [1.82, 2.24) is 25.9 Å². The minimum atomic E-state index is -1.47. The Bertz CT molecular complexity index is 943. The molecule has 4 amide bonds. The standard InChI is InChI=1S/C21H33N7O8S/c1-37-7-6-13(19(33)27-14(21(35)36)3-5-17(30)31)26-20(34)15(8-11-9-24-10-25-11)28-18(32)12(22)2-4-16(23)29/h9-10,12-15H,2-8,22H2,1H3,(H2,23,29)(H,24,25)(H,26,34)(H,27,33)(H,28,32)(H,30,31)(H,35,36). The molecular weight excluding hydrogens is 510 g/mol. The summed E-state index contributed by atoms with van der Waals surface area (Å²) in [6.07, 6.45) is 3.70. The van der Waals surface area contributed by atoms with Crippen molar-refractivity contribution in [3.05, 3.63) is 18.2 Å². The van der Waals surface area contributed by atoms with Crippen LogP contribution in [0.2, 0.25) is 0 Å². The maximum Gasteiger partial charge on any atom is 0.326 e. The molecule has 1 aromatic rings. The van der Waals surface area contributed by atoms with E-state index in [1.54, 1.807) is 6.26 Å². The molecule has 4 unspecified atom stereocenters. The fourth-order valence-electron chi connectivity index (χ4n) is 3.11. The Labute approximate surface area is 216 Å². The number of aliphatic carboxylic acids is 2. The van der Waals surface area contributed by atoms with Crippen LogP contribution in [0.5, 0.6) is 0 Å². The molecule has 0 saturated heterocycles. The molecule has 0 aliphatic carbocycles. The first-order valence-electron chi connectivity index (χ1n) is 11.3. The summed E-state index contributed by atoms with van der Waals surface area (Å²) in [5.74, 6) is -5.13. The van der Waals surface area contributed by atoms with E-state index in [0.717, 1.165) is 0 Å². The van der Waals surface area contributed by atoms with Gasteiger partial charge in [0.05, 0.1) is 12.4 Å². The van der Waals surface area contributed by atoms with Crippen molar-refractivity contribution < 1.29 is 39.0 Å². The van der Waals surface area contributed by atoms with Crippen molar-refractivity contribution in [2.24, 2.45) is 11.5 Å². The average molecular weight is 544 g/mol. The predicted molar refractivity (Wildman–Crippen MR) is 132 cm³/mol. The smallest absolute Gasteiger partial charge is 0.326 e. The Morgan fingerprint density at radius 2 is 1.57 bits per heavy atom. The van der Waals surface area contributed by atoms with Gasteiger partial charge < -0.3 is 42.6 Å². The highest BCUT2D eigenvalue weighted by atomic mass is 32.2. The van der Waals surface area contributed by atoms with Gasteiger partial charge in [0.2, 0.25) is 23.6 Å². The van der Waals surface area contributed by atoms with E-state index in [1.165, 1.54) is 24.3 Å². The lowest BCUT2D eigenvalue weighted by atomic mass is 10.1. The third-order valence-corrected chi connectivity index (χ3v) is 5.80. The Morgan fingerprint density at radius 3 is 2.11 bits per heavy atom. The summed E-state index contributed by atoms with van der Waals surface area (Å²) < 4.78 is 0. The zero-order valence-electron chi connectivity index (χ0n) is 20.3. The molecule has 0 aliphatic heterocycles. The monoisotopic (exact) mass is 543 g/mol. The minimum Gasteiger partial charge on any atom is -0.481 e. The van der Waals surface area contributed by atoms with Crippen LogP contribution in [0.25, 0.3) is 0 Å².